The molecule has 0 spiro atoms. The van der Waals surface area contributed by atoms with Gasteiger partial charge in [0.2, 0.25) is 5.91 Å². The van der Waals surface area contributed by atoms with Crippen molar-refractivity contribution in [3.05, 3.63) is 88.6 Å². The highest BCUT2D eigenvalue weighted by atomic mass is 32.2. The molecule has 0 bridgehead atoms. The van der Waals surface area contributed by atoms with Gasteiger partial charge in [-0.2, -0.15) is 10.2 Å². The number of benzene rings is 3. The lowest BCUT2D eigenvalue weighted by molar-refractivity contribution is -0.113. The number of hydrogen-bond donors (Lipinski definition) is 1. The van der Waals surface area contributed by atoms with Gasteiger partial charge in [0.15, 0.2) is 8.29 Å². The monoisotopic (exact) mass is 481 g/mol. The lowest BCUT2D eigenvalue weighted by Crippen LogP contribution is -2.13. The zero-order valence-corrected chi connectivity index (χ0v) is 19.0. The SMILES string of the molecule is O=C(CSc1nn(-c2ccc(F)cc2)c(=S)s1)Nc1ccc(N=Nc2ccccc2)cc1. The van der Waals surface area contributed by atoms with E-state index in [1.165, 1.54) is 35.2 Å². The molecule has 0 aliphatic rings. The van der Waals surface area contributed by atoms with Gasteiger partial charge >= 0.3 is 0 Å². The number of thioether (sulfide) groups is 1. The molecular formula is C22H16FN5OS3. The number of carbonyl (C=O) groups is 1. The quantitative estimate of drug-likeness (QED) is 0.176. The van der Waals surface area contributed by atoms with Crippen molar-refractivity contribution in [3.63, 3.8) is 0 Å². The highest BCUT2D eigenvalue weighted by molar-refractivity contribution is 8.01. The van der Waals surface area contributed by atoms with Gasteiger partial charge in [-0.15, -0.1) is 5.10 Å². The maximum atomic E-state index is 13.1. The molecule has 0 saturated carbocycles. The molecule has 1 aromatic heterocycles. The normalized spacial score (nSPS) is 11.0. The molecule has 4 aromatic rings. The zero-order valence-electron chi connectivity index (χ0n) is 16.5. The standard InChI is InChI=1S/C22H16FN5OS3/c23-15-6-12-19(13-7-15)28-22(30)32-21(27-28)31-14-20(29)24-16-8-10-18(11-9-16)26-25-17-4-2-1-3-5-17/h1-13H,14H2,(H,24,29). The van der Waals surface area contributed by atoms with Crippen LogP contribution in [0, 0.1) is 9.77 Å². The van der Waals surface area contributed by atoms with Crippen LogP contribution in [0.4, 0.5) is 21.5 Å². The third kappa shape index (κ3) is 5.94. The van der Waals surface area contributed by atoms with Crippen LogP contribution < -0.4 is 5.32 Å². The fourth-order valence-electron chi connectivity index (χ4n) is 2.61. The van der Waals surface area contributed by atoms with E-state index in [2.05, 4.69) is 20.6 Å². The number of azo groups is 1. The van der Waals surface area contributed by atoms with E-state index in [9.17, 15) is 9.18 Å². The number of halogens is 1. The molecule has 0 atom stereocenters. The number of anilines is 1. The van der Waals surface area contributed by atoms with Gasteiger partial charge < -0.3 is 5.32 Å². The zero-order chi connectivity index (χ0) is 22.3. The summed E-state index contributed by atoms with van der Waals surface area (Å²) >= 11 is 7.92. The van der Waals surface area contributed by atoms with Gasteiger partial charge in [0.1, 0.15) is 5.82 Å². The van der Waals surface area contributed by atoms with E-state index in [1.807, 2.05) is 30.3 Å². The number of rotatable bonds is 7. The van der Waals surface area contributed by atoms with E-state index in [0.29, 0.717) is 25.4 Å². The van der Waals surface area contributed by atoms with Crippen LogP contribution in [0.3, 0.4) is 0 Å². The molecule has 1 N–H and O–H groups in total. The van der Waals surface area contributed by atoms with Crippen molar-refractivity contribution in [1.82, 2.24) is 9.78 Å². The van der Waals surface area contributed by atoms with Crippen LogP contribution in [-0.4, -0.2) is 21.4 Å². The molecule has 32 heavy (non-hydrogen) atoms. The summed E-state index contributed by atoms with van der Waals surface area (Å²) in [6.07, 6.45) is 0. The van der Waals surface area contributed by atoms with Crippen molar-refractivity contribution < 1.29 is 9.18 Å². The summed E-state index contributed by atoms with van der Waals surface area (Å²) in [7, 11) is 0. The summed E-state index contributed by atoms with van der Waals surface area (Å²) in [5.41, 5.74) is 2.80. The van der Waals surface area contributed by atoms with E-state index >= 15 is 0 Å². The molecule has 4 rings (SSSR count). The van der Waals surface area contributed by atoms with Crippen molar-refractivity contribution >= 4 is 58.3 Å². The second-order valence-electron chi connectivity index (χ2n) is 6.44. The van der Waals surface area contributed by atoms with E-state index in [4.69, 9.17) is 12.2 Å². The first-order chi connectivity index (χ1) is 15.6. The summed E-state index contributed by atoms with van der Waals surface area (Å²) in [5, 5.41) is 15.6. The molecule has 3 aromatic carbocycles. The number of hydrogen-bond acceptors (Lipinski definition) is 7. The Labute approximate surface area is 196 Å². The Balaban J connectivity index is 1.31. The van der Waals surface area contributed by atoms with Crippen LogP contribution >= 0.6 is 35.3 Å². The fourth-order valence-corrected chi connectivity index (χ4v) is 4.77. The summed E-state index contributed by atoms with van der Waals surface area (Å²) in [4.78, 5) is 12.3. The first-order valence-electron chi connectivity index (χ1n) is 9.42. The molecule has 0 radical (unpaired) electrons. The van der Waals surface area contributed by atoms with Crippen molar-refractivity contribution in [2.75, 3.05) is 11.1 Å². The number of amides is 1. The number of nitrogens with one attached hydrogen (secondary N) is 1. The molecule has 0 saturated heterocycles. The third-order valence-corrected chi connectivity index (χ3v) is 6.48. The average molecular weight is 482 g/mol. The molecule has 0 unspecified atom stereocenters. The van der Waals surface area contributed by atoms with Gasteiger partial charge in [-0.25, -0.2) is 9.07 Å². The Kier molecular flexibility index (Phi) is 7.15. The Morgan fingerprint density at radius 2 is 1.66 bits per heavy atom. The molecule has 160 valence electrons. The average Bonchev–Trinajstić information content (AvgIpc) is 3.19. The van der Waals surface area contributed by atoms with Crippen molar-refractivity contribution in [1.29, 1.82) is 0 Å². The lowest BCUT2D eigenvalue weighted by atomic mass is 10.3. The minimum Gasteiger partial charge on any atom is -0.325 e. The maximum Gasteiger partial charge on any atom is 0.234 e. The topological polar surface area (TPSA) is 71.6 Å². The first kappa shape index (κ1) is 22.0. The first-order valence-corrected chi connectivity index (χ1v) is 11.6. The molecular weight excluding hydrogens is 465 g/mol. The van der Waals surface area contributed by atoms with E-state index < -0.39 is 0 Å². The lowest BCUT2D eigenvalue weighted by Gasteiger charge is -2.04. The van der Waals surface area contributed by atoms with E-state index in [0.717, 1.165) is 5.69 Å². The van der Waals surface area contributed by atoms with Gasteiger partial charge in [-0.1, -0.05) is 41.3 Å². The van der Waals surface area contributed by atoms with Crippen molar-refractivity contribution in [3.8, 4) is 5.69 Å². The second-order valence-corrected chi connectivity index (χ2v) is 9.29. The van der Waals surface area contributed by atoms with Crippen molar-refractivity contribution in [2.45, 2.75) is 4.34 Å². The molecule has 6 nitrogen and oxygen atoms in total. The summed E-state index contributed by atoms with van der Waals surface area (Å²) < 4.78 is 15.9. The predicted octanol–water partition coefficient (Wildman–Crippen LogP) is 6.95. The molecule has 10 heteroatoms. The van der Waals surface area contributed by atoms with E-state index in [-0.39, 0.29) is 17.5 Å². The fraction of sp³-hybridized carbons (Fsp3) is 0.0455. The van der Waals surface area contributed by atoms with Crippen LogP contribution in [0.25, 0.3) is 5.69 Å². The molecule has 1 heterocycles. The van der Waals surface area contributed by atoms with Crippen LogP contribution in [0.1, 0.15) is 0 Å². The van der Waals surface area contributed by atoms with Gasteiger partial charge in [0, 0.05) is 5.69 Å². The van der Waals surface area contributed by atoms with Gasteiger partial charge in [0.05, 0.1) is 22.8 Å². The van der Waals surface area contributed by atoms with Crippen LogP contribution in [-0.2, 0) is 4.79 Å². The minimum atomic E-state index is -0.325. The summed E-state index contributed by atoms with van der Waals surface area (Å²) in [6.45, 7) is 0. The maximum absolute atomic E-state index is 13.1. The Bertz CT molecular complexity index is 1290. The number of nitrogens with zero attached hydrogens (tertiary/aromatic N) is 4. The Hall–Kier alpha value is -3.21. The Morgan fingerprint density at radius 1 is 1.00 bits per heavy atom. The highest BCUT2D eigenvalue weighted by Gasteiger charge is 2.10. The largest absolute Gasteiger partial charge is 0.325 e. The van der Waals surface area contributed by atoms with Gasteiger partial charge in [-0.3, -0.25) is 4.79 Å². The number of carbonyl (C=O) groups excluding carboxylic acids is 1. The van der Waals surface area contributed by atoms with Gasteiger partial charge in [-0.05, 0) is 72.9 Å². The van der Waals surface area contributed by atoms with Crippen LogP contribution in [0.2, 0.25) is 0 Å². The van der Waals surface area contributed by atoms with Crippen LogP contribution in [0.15, 0.2) is 93.4 Å². The molecule has 0 aliphatic heterocycles. The predicted molar refractivity (Wildman–Crippen MR) is 129 cm³/mol. The van der Waals surface area contributed by atoms with E-state index in [1.54, 1.807) is 41.1 Å². The van der Waals surface area contributed by atoms with Crippen LogP contribution in [0.5, 0.6) is 0 Å². The highest BCUT2D eigenvalue weighted by Crippen LogP contribution is 2.25. The smallest absolute Gasteiger partial charge is 0.234 e. The third-order valence-electron chi connectivity index (χ3n) is 4.12. The second kappa shape index (κ2) is 10.4. The molecule has 0 aliphatic carbocycles. The minimum absolute atomic E-state index is 0.164. The summed E-state index contributed by atoms with van der Waals surface area (Å²) in [6, 6.07) is 22.5. The van der Waals surface area contributed by atoms with Gasteiger partial charge in [0.25, 0.3) is 0 Å². The van der Waals surface area contributed by atoms with Crippen molar-refractivity contribution in [2.24, 2.45) is 10.2 Å². The molecule has 0 fully saturated rings. The summed E-state index contributed by atoms with van der Waals surface area (Å²) in [5.74, 6) is -0.307. The Morgan fingerprint density at radius 3 is 2.34 bits per heavy atom. The number of aromatic nitrogens is 2. The molecule has 1 amide bonds.